The lowest BCUT2D eigenvalue weighted by molar-refractivity contribution is -0.119. The molecular formula is C15H22N2O2. The molecule has 0 aliphatic heterocycles. The zero-order valence-electron chi connectivity index (χ0n) is 11.4. The second-order valence-electron chi connectivity index (χ2n) is 5.55. The highest BCUT2D eigenvalue weighted by atomic mass is 16.3. The summed E-state index contributed by atoms with van der Waals surface area (Å²) in [7, 11) is 0. The van der Waals surface area contributed by atoms with Gasteiger partial charge in [0.25, 0.3) is 0 Å². The number of rotatable bonds is 5. The first-order chi connectivity index (χ1) is 9.06. The van der Waals surface area contributed by atoms with E-state index in [0.717, 1.165) is 24.8 Å². The molecule has 1 atom stereocenters. The molecule has 4 heteroatoms. The highest BCUT2D eigenvalue weighted by molar-refractivity contribution is 5.92. The number of aliphatic hydroxyl groups is 1. The van der Waals surface area contributed by atoms with Gasteiger partial charge in [-0.25, -0.2) is 0 Å². The van der Waals surface area contributed by atoms with E-state index in [1.165, 1.54) is 0 Å². The fourth-order valence-electron chi connectivity index (χ4n) is 2.64. The first-order valence-corrected chi connectivity index (χ1v) is 6.83. The first-order valence-electron chi connectivity index (χ1n) is 6.83. The van der Waals surface area contributed by atoms with Crippen molar-refractivity contribution in [2.75, 3.05) is 11.9 Å². The highest BCUT2D eigenvalue weighted by Gasteiger charge is 2.37. The molecule has 104 valence electrons. The number of para-hydroxylation sites is 1. The topological polar surface area (TPSA) is 75.3 Å². The molecule has 0 aromatic heterocycles. The van der Waals surface area contributed by atoms with Crippen LogP contribution in [0.4, 0.5) is 5.69 Å². The van der Waals surface area contributed by atoms with Gasteiger partial charge in [-0.1, -0.05) is 24.6 Å². The Morgan fingerprint density at radius 1 is 1.47 bits per heavy atom. The number of benzene rings is 1. The van der Waals surface area contributed by atoms with Crippen LogP contribution in [0, 0.1) is 5.41 Å². The van der Waals surface area contributed by atoms with Gasteiger partial charge in [-0.05, 0) is 37.8 Å². The minimum atomic E-state index is -0.594. The van der Waals surface area contributed by atoms with Gasteiger partial charge in [0.15, 0.2) is 0 Å². The van der Waals surface area contributed by atoms with Crippen molar-refractivity contribution in [3.05, 3.63) is 29.8 Å². The van der Waals surface area contributed by atoms with Crippen LogP contribution >= 0.6 is 0 Å². The minimum Gasteiger partial charge on any atom is -0.389 e. The maximum Gasteiger partial charge on any atom is 0.224 e. The van der Waals surface area contributed by atoms with E-state index >= 15 is 0 Å². The Balaban J connectivity index is 2.03. The largest absolute Gasteiger partial charge is 0.389 e. The summed E-state index contributed by atoms with van der Waals surface area (Å²) in [4.78, 5) is 12.1. The van der Waals surface area contributed by atoms with E-state index in [0.29, 0.717) is 18.7 Å². The summed E-state index contributed by atoms with van der Waals surface area (Å²) in [5.74, 6) is -0.0155. The number of carbonyl (C=O) groups is 1. The van der Waals surface area contributed by atoms with Crippen molar-refractivity contribution in [2.45, 2.75) is 38.7 Å². The Hall–Kier alpha value is -1.39. The third kappa shape index (κ3) is 3.14. The van der Waals surface area contributed by atoms with E-state index in [9.17, 15) is 9.90 Å². The van der Waals surface area contributed by atoms with Crippen LogP contribution in [0.25, 0.3) is 0 Å². The lowest BCUT2D eigenvalue weighted by Crippen LogP contribution is -2.40. The number of carbonyl (C=O) groups excluding carboxylic acids is 1. The number of hydrogen-bond acceptors (Lipinski definition) is 3. The van der Waals surface area contributed by atoms with Gasteiger partial charge in [-0.3, -0.25) is 4.79 Å². The average Bonchev–Trinajstić information content (AvgIpc) is 2.34. The zero-order chi connectivity index (χ0) is 13.9. The van der Waals surface area contributed by atoms with Crippen LogP contribution in [0.1, 0.15) is 44.3 Å². The zero-order valence-corrected chi connectivity index (χ0v) is 11.4. The molecule has 1 amide bonds. The molecular weight excluding hydrogens is 240 g/mol. The molecule has 2 rings (SSSR count). The van der Waals surface area contributed by atoms with Crippen LogP contribution in [0.3, 0.4) is 0 Å². The maximum absolute atomic E-state index is 12.1. The Labute approximate surface area is 114 Å². The van der Waals surface area contributed by atoms with E-state index in [2.05, 4.69) is 5.32 Å². The second-order valence-corrected chi connectivity index (χ2v) is 5.55. The van der Waals surface area contributed by atoms with E-state index in [4.69, 9.17) is 5.73 Å². The van der Waals surface area contributed by atoms with Gasteiger partial charge in [0.1, 0.15) is 0 Å². The lowest BCUT2D eigenvalue weighted by atomic mass is 9.66. The summed E-state index contributed by atoms with van der Waals surface area (Å²) in [5.41, 5.74) is 7.20. The Morgan fingerprint density at radius 3 is 2.68 bits per heavy atom. The van der Waals surface area contributed by atoms with E-state index in [1.807, 2.05) is 24.3 Å². The number of nitrogens with two attached hydrogens (primary N) is 1. The third-order valence-electron chi connectivity index (χ3n) is 4.07. The van der Waals surface area contributed by atoms with Crippen molar-refractivity contribution in [2.24, 2.45) is 11.1 Å². The predicted octanol–water partition coefficient (Wildman–Crippen LogP) is 2.20. The Morgan fingerprint density at radius 2 is 2.16 bits per heavy atom. The standard InChI is InChI=1S/C15H22N2O2/c1-11(18)12-5-2-3-6-13(12)17-14(19)9-15(10-16)7-4-8-15/h2-3,5-6,11,18H,4,7-10,16H2,1H3,(H,17,19). The summed E-state index contributed by atoms with van der Waals surface area (Å²) in [6, 6.07) is 7.34. The Kier molecular flexibility index (Phi) is 4.22. The number of amides is 1. The Bertz CT molecular complexity index is 448. The van der Waals surface area contributed by atoms with Gasteiger partial charge in [0.05, 0.1) is 6.10 Å². The van der Waals surface area contributed by atoms with Gasteiger partial charge in [-0.2, -0.15) is 0 Å². The molecule has 0 spiro atoms. The van der Waals surface area contributed by atoms with Crippen LogP contribution < -0.4 is 11.1 Å². The van der Waals surface area contributed by atoms with Crippen molar-refractivity contribution >= 4 is 11.6 Å². The van der Waals surface area contributed by atoms with Crippen molar-refractivity contribution < 1.29 is 9.90 Å². The fraction of sp³-hybridized carbons (Fsp3) is 0.533. The lowest BCUT2D eigenvalue weighted by Gasteiger charge is -2.40. The molecule has 0 radical (unpaired) electrons. The number of nitrogens with one attached hydrogen (secondary N) is 1. The van der Waals surface area contributed by atoms with Crippen molar-refractivity contribution in [1.29, 1.82) is 0 Å². The van der Waals surface area contributed by atoms with Crippen molar-refractivity contribution in [3.8, 4) is 0 Å². The van der Waals surface area contributed by atoms with Crippen LogP contribution in [-0.4, -0.2) is 17.6 Å². The molecule has 0 saturated heterocycles. The molecule has 1 saturated carbocycles. The van der Waals surface area contributed by atoms with Gasteiger partial charge in [0.2, 0.25) is 5.91 Å². The molecule has 1 fully saturated rings. The SMILES string of the molecule is CC(O)c1ccccc1NC(=O)CC1(CN)CCC1. The highest BCUT2D eigenvalue weighted by Crippen LogP contribution is 2.43. The molecule has 0 bridgehead atoms. The van der Waals surface area contributed by atoms with Crippen LogP contribution in [0.2, 0.25) is 0 Å². The monoisotopic (exact) mass is 262 g/mol. The van der Waals surface area contributed by atoms with Gasteiger partial charge in [-0.15, -0.1) is 0 Å². The van der Waals surface area contributed by atoms with E-state index < -0.39 is 6.10 Å². The molecule has 1 aromatic carbocycles. The third-order valence-corrected chi connectivity index (χ3v) is 4.07. The van der Waals surface area contributed by atoms with Crippen molar-refractivity contribution in [3.63, 3.8) is 0 Å². The minimum absolute atomic E-state index is 0.00383. The quantitative estimate of drug-likeness (QED) is 0.761. The number of aliphatic hydroxyl groups excluding tert-OH is 1. The van der Waals surface area contributed by atoms with E-state index in [1.54, 1.807) is 6.92 Å². The van der Waals surface area contributed by atoms with Crippen LogP contribution in [0.5, 0.6) is 0 Å². The van der Waals surface area contributed by atoms with Crippen molar-refractivity contribution in [1.82, 2.24) is 0 Å². The summed E-state index contributed by atoms with van der Waals surface area (Å²) >= 11 is 0. The second kappa shape index (κ2) is 5.72. The van der Waals surface area contributed by atoms with E-state index in [-0.39, 0.29) is 11.3 Å². The van der Waals surface area contributed by atoms with Gasteiger partial charge >= 0.3 is 0 Å². The molecule has 19 heavy (non-hydrogen) atoms. The van der Waals surface area contributed by atoms with Crippen LogP contribution in [-0.2, 0) is 4.79 Å². The summed E-state index contributed by atoms with van der Waals surface area (Å²) in [6.45, 7) is 2.26. The summed E-state index contributed by atoms with van der Waals surface area (Å²) in [6.07, 6.45) is 3.11. The van der Waals surface area contributed by atoms with Gasteiger partial charge in [0, 0.05) is 17.7 Å². The summed E-state index contributed by atoms with van der Waals surface area (Å²) in [5, 5.41) is 12.6. The molecule has 1 aromatic rings. The van der Waals surface area contributed by atoms with Crippen LogP contribution in [0.15, 0.2) is 24.3 Å². The average molecular weight is 262 g/mol. The smallest absolute Gasteiger partial charge is 0.224 e. The molecule has 0 heterocycles. The fourth-order valence-corrected chi connectivity index (χ4v) is 2.64. The number of hydrogen-bond donors (Lipinski definition) is 3. The first kappa shape index (κ1) is 14.0. The maximum atomic E-state index is 12.1. The number of anilines is 1. The molecule has 1 aliphatic rings. The predicted molar refractivity (Wildman–Crippen MR) is 75.7 cm³/mol. The molecule has 1 unspecified atom stereocenters. The molecule has 4 N–H and O–H groups in total. The van der Waals surface area contributed by atoms with Gasteiger partial charge < -0.3 is 16.2 Å². The normalized spacial score (nSPS) is 18.5. The molecule has 4 nitrogen and oxygen atoms in total. The molecule has 1 aliphatic carbocycles. The summed E-state index contributed by atoms with van der Waals surface area (Å²) < 4.78 is 0.